The van der Waals surface area contributed by atoms with E-state index in [1.165, 1.54) is 5.56 Å². The van der Waals surface area contributed by atoms with Gasteiger partial charge in [-0.1, -0.05) is 36.8 Å². The molecule has 0 aliphatic carbocycles. The van der Waals surface area contributed by atoms with E-state index in [4.69, 9.17) is 0 Å². The highest BCUT2D eigenvalue weighted by atomic mass is 16.1. The van der Waals surface area contributed by atoms with Crippen LogP contribution in [0.5, 0.6) is 0 Å². The van der Waals surface area contributed by atoms with Gasteiger partial charge in [0, 0.05) is 12.1 Å². The molecule has 0 saturated heterocycles. The van der Waals surface area contributed by atoms with Crippen molar-refractivity contribution in [3.05, 3.63) is 54.1 Å². The van der Waals surface area contributed by atoms with E-state index in [1.54, 1.807) is 0 Å². The van der Waals surface area contributed by atoms with Crippen LogP contribution in [0.15, 0.2) is 48.5 Å². The van der Waals surface area contributed by atoms with Crippen molar-refractivity contribution >= 4 is 23.0 Å². The number of para-hydroxylation sites is 2. The van der Waals surface area contributed by atoms with Crippen molar-refractivity contribution in [1.29, 1.82) is 0 Å². The Morgan fingerprint density at radius 3 is 2.26 bits per heavy atom. The summed E-state index contributed by atoms with van der Waals surface area (Å²) in [6, 6.07) is 15.8. The van der Waals surface area contributed by atoms with Gasteiger partial charge in [-0.2, -0.15) is 0 Å². The van der Waals surface area contributed by atoms with Crippen LogP contribution in [0.1, 0.15) is 18.9 Å². The predicted molar refractivity (Wildman–Crippen MR) is 79.8 cm³/mol. The maximum Gasteiger partial charge on any atom is 0.224 e. The third-order valence-corrected chi connectivity index (χ3v) is 2.85. The molecule has 0 spiro atoms. The zero-order valence-electron chi connectivity index (χ0n) is 11.2. The third-order valence-electron chi connectivity index (χ3n) is 2.85. The molecule has 0 aromatic heterocycles. The lowest BCUT2D eigenvalue weighted by Crippen LogP contribution is -2.10. The topological polar surface area (TPSA) is 41.1 Å². The second-order valence-corrected chi connectivity index (χ2v) is 4.44. The summed E-state index contributed by atoms with van der Waals surface area (Å²) < 4.78 is 0. The van der Waals surface area contributed by atoms with Crippen LogP contribution in [0.3, 0.4) is 0 Å². The lowest BCUT2D eigenvalue weighted by atomic mass is 10.2. The van der Waals surface area contributed by atoms with Gasteiger partial charge in [-0.25, -0.2) is 0 Å². The molecule has 0 radical (unpaired) electrons. The van der Waals surface area contributed by atoms with Crippen LogP contribution in [0.2, 0.25) is 0 Å². The molecule has 0 aliphatic rings. The number of amides is 1. The standard InChI is InChI=1S/C16H18N2O/c1-3-16(19)18-15-7-5-4-6-14(15)17-13-10-8-12(2)9-11-13/h4-11,17H,3H2,1-2H3,(H,18,19). The highest BCUT2D eigenvalue weighted by molar-refractivity contribution is 5.94. The predicted octanol–water partition coefficient (Wildman–Crippen LogP) is 4.09. The Morgan fingerprint density at radius 2 is 1.63 bits per heavy atom. The van der Waals surface area contributed by atoms with Crippen LogP contribution in [-0.2, 0) is 4.79 Å². The van der Waals surface area contributed by atoms with Crippen molar-refractivity contribution in [2.45, 2.75) is 20.3 Å². The molecule has 0 atom stereocenters. The SMILES string of the molecule is CCC(=O)Nc1ccccc1Nc1ccc(C)cc1. The molecule has 0 bridgehead atoms. The quantitative estimate of drug-likeness (QED) is 0.863. The Morgan fingerprint density at radius 1 is 1.00 bits per heavy atom. The Balaban J connectivity index is 2.20. The summed E-state index contributed by atoms with van der Waals surface area (Å²) in [5.41, 5.74) is 3.92. The Labute approximate surface area is 113 Å². The molecular formula is C16H18N2O. The van der Waals surface area contributed by atoms with E-state index in [2.05, 4.69) is 29.7 Å². The fourth-order valence-electron chi connectivity index (χ4n) is 1.73. The van der Waals surface area contributed by atoms with Crippen LogP contribution in [0.25, 0.3) is 0 Å². The monoisotopic (exact) mass is 254 g/mol. The molecule has 0 heterocycles. The number of hydrogen-bond donors (Lipinski definition) is 2. The fraction of sp³-hybridized carbons (Fsp3) is 0.188. The van der Waals surface area contributed by atoms with Gasteiger partial charge in [0.05, 0.1) is 11.4 Å². The Kier molecular flexibility index (Phi) is 4.18. The molecule has 3 nitrogen and oxygen atoms in total. The van der Waals surface area contributed by atoms with E-state index < -0.39 is 0 Å². The zero-order chi connectivity index (χ0) is 13.7. The summed E-state index contributed by atoms with van der Waals surface area (Å²) in [4.78, 5) is 11.5. The number of benzene rings is 2. The van der Waals surface area contributed by atoms with Crippen LogP contribution >= 0.6 is 0 Å². The number of rotatable bonds is 4. The van der Waals surface area contributed by atoms with Crippen LogP contribution < -0.4 is 10.6 Å². The molecule has 0 saturated carbocycles. The van der Waals surface area contributed by atoms with Crippen molar-refractivity contribution in [2.24, 2.45) is 0 Å². The van der Waals surface area contributed by atoms with E-state index in [-0.39, 0.29) is 5.91 Å². The van der Waals surface area contributed by atoms with Gasteiger partial charge >= 0.3 is 0 Å². The average Bonchev–Trinajstić information content (AvgIpc) is 2.43. The second kappa shape index (κ2) is 6.05. The highest BCUT2D eigenvalue weighted by Crippen LogP contribution is 2.25. The molecule has 3 heteroatoms. The minimum absolute atomic E-state index is 0.0122. The first-order chi connectivity index (χ1) is 9.19. The van der Waals surface area contributed by atoms with E-state index in [0.29, 0.717) is 6.42 Å². The number of nitrogens with one attached hydrogen (secondary N) is 2. The van der Waals surface area contributed by atoms with E-state index in [9.17, 15) is 4.79 Å². The van der Waals surface area contributed by atoms with Gasteiger partial charge in [0.15, 0.2) is 0 Å². The Hall–Kier alpha value is -2.29. The molecule has 2 aromatic rings. The first-order valence-electron chi connectivity index (χ1n) is 6.41. The molecule has 1 amide bonds. The summed E-state index contributed by atoms with van der Waals surface area (Å²) in [6.45, 7) is 3.89. The lowest BCUT2D eigenvalue weighted by Gasteiger charge is -2.12. The molecule has 2 rings (SSSR count). The average molecular weight is 254 g/mol. The largest absolute Gasteiger partial charge is 0.354 e. The van der Waals surface area contributed by atoms with Gasteiger partial charge in [-0.05, 0) is 31.2 Å². The van der Waals surface area contributed by atoms with Crippen molar-refractivity contribution in [2.75, 3.05) is 10.6 Å². The maximum atomic E-state index is 11.5. The summed E-state index contributed by atoms with van der Waals surface area (Å²) >= 11 is 0. The smallest absolute Gasteiger partial charge is 0.224 e. The van der Waals surface area contributed by atoms with Crippen molar-refractivity contribution in [3.8, 4) is 0 Å². The van der Waals surface area contributed by atoms with Gasteiger partial charge < -0.3 is 10.6 Å². The van der Waals surface area contributed by atoms with Gasteiger partial charge in [0.1, 0.15) is 0 Å². The van der Waals surface area contributed by atoms with Crippen molar-refractivity contribution < 1.29 is 4.79 Å². The molecule has 0 unspecified atom stereocenters. The van der Waals surface area contributed by atoms with Crippen molar-refractivity contribution in [1.82, 2.24) is 0 Å². The maximum absolute atomic E-state index is 11.5. The van der Waals surface area contributed by atoms with Gasteiger partial charge in [-0.15, -0.1) is 0 Å². The summed E-state index contributed by atoms with van der Waals surface area (Å²) in [5.74, 6) is 0.0122. The normalized spacial score (nSPS) is 10.0. The van der Waals surface area contributed by atoms with Gasteiger partial charge in [0.25, 0.3) is 0 Å². The lowest BCUT2D eigenvalue weighted by molar-refractivity contribution is -0.115. The molecule has 0 fully saturated rings. The van der Waals surface area contributed by atoms with Gasteiger partial charge in [0.2, 0.25) is 5.91 Å². The third kappa shape index (κ3) is 3.58. The zero-order valence-corrected chi connectivity index (χ0v) is 11.2. The summed E-state index contributed by atoms with van der Waals surface area (Å²) in [6.07, 6.45) is 0.471. The molecular weight excluding hydrogens is 236 g/mol. The number of carbonyl (C=O) groups excluding carboxylic acids is 1. The van der Waals surface area contributed by atoms with Crippen LogP contribution in [0, 0.1) is 6.92 Å². The van der Waals surface area contributed by atoms with Crippen LogP contribution in [-0.4, -0.2) is 5.91 Å². The summed E-state index contributed by atoms with van der Waals surface area (Å²) in [5, 5.41) is 6.20. The summed E-state index contributed by atoms with van der Waals surface area (Å²) in [7, 11) is 0. The molecule has 98 valence electrons. The first kappa shape index (κ1) is 13.1. The van der Waals surface area contributed by atoms with E-state index in [1.807, 2.05) is 43.3 Å². The molecule has 2 N–H and O–H groups in total. The number of hydrogen-bond acceptors (Lipinski definition) is 2. The minimum atomic E-state index is 0.0122. The number of carbonyl (C=O) groups is 1. The molecule has 19 heavy (non-hydrogen) atoms. The Bertz CT molecular complexity index is 561. The minimum Gasteiger partial charge on any atom is -0.354 e. The molecule has 0 aliphatic heterocycles. The fourth-order valence-corrected chi connectivity index (χ4v) is 1.73. The van der Waals surface area contributed by atoms with Gasteiger partial charge in [-0.3, -0.25) is 4.79 Å². The highest BCUT2D eigenvalue weighted by Gasteiger charge is 2.04. The first-order valence-corrected chi connectivity index (χ1v) is 6.41. The van der Waals surface area contributed by atoms with Crippen molar-refractivity contribution in [3.63, 3.8) is 0 Å². The molecule has 2 aromatic carbocycles. The van der Waals surface area contributed by atoms with Crippen LogP contribution in [0.4, 0.5) is 17.1 Å². The number of aryl methyl sites for hydroxylation is 1. The second-order valence-electron chi connectivity index (χ2n) is 4.44. The van der Waals surface area contributed by atoms with E-state index >= 15 is 0 Å². The number of anilines is 3. The van der Waals surface area contributed by atoms with E-state index in [0.717, 1.165) is 17.1 Å².